The van der Waals surface area contributed by atoms with Gasteiger partial charge in [0.05, 0.1) is 13.2 Å². The van der Waals surface area contributed by atoms with Gasteiger partial charge >= 0.3 is 0 Å². The first-order valence-electron chi connectivity index (χ1n) is 8.70. The van der Waals surface area contributed by atoms with E-state index in [1.165, 1.54) is 0 Å². The molecule has 0 fully saturated rings. The molecule has 0 aliphatic rings. The smallest absolute Gasteiger partial charge is 0.193 e. The average Bonchev–Trinajstić information content (AvgIpc) is 2.69. The third-order valence-corrected chi connectivity index (χ3v) is 3.89. The summed E-state index contributed by atoms with van der Waals surface area (Å²) in [5.41, 5.74) is 8.97. The van der Waals surface area contributed by atoms with E-state index in [1.54, 1.807) is 7.11 Å². The van der Waals surface area contributed by atoms with E-state index in [0.29, 0.717) is 19.1 Å². The Kier molecular flexibility index (Phi) is 6.44. The quantitative estimate of drug-likeness (QED) is 0.478. The molecule has 27 heavy (non-hydrogen) atoms. The molecular formula is C22H23N3O2. The average molecular weight is 361 g/mol. The summed E-state index contributed by atoms with van der Waals surface area (Å²) in [5, 5.41) is 3.14. The lowest BCUT2D eigenvalue weighted by molar-refractivity contribution is 0.185. The highest BCUT2D eigenvalue weighted by molar-refractivity contribution is 5.92. The molecule has 0 saturated heterocycles. The van der Waals surface area contributed by atoms with E-state index in [0.717, 1.165) is 28.3 Å². The largest absolute Gasteiger partial charge is 0.457 e. The molecule has 3 rings (SSSR count). The van der Waals surface area contributed by atoms with Crippen LogP contribution in [0.1, 0.15) is 11.1 Å². The van der Waals surface area contributed by atoms with Crippen molar-refractivity contribution >= 4 is 11.6 Å². The Bertz CT molecular complexity index is 895. The molecule has 0 bridgehead atoms. The fraction of sp³-hybridized carbons (Fsp3) is 0.136. The van der Waals surface area contributed by atoms with Crippen LogP contribution in [0, 0.1) is 0 Å². The zero-order valence-electron chi connectivity index (χ0n) is 15.3. The van der Waals surface area contributed by atoms with Crippen LogP contribution in [0.3, 0.4) is 0 Å². The van der Waals surface area contributed by atoms with Gasteiger partial charge in [-0.05, 0) is 35.9 Å². The van der Waals surface area contributed by atoms with Gasteiger partial charge in [0, 0.05) is 18.4 Å². The summed E-state index contributed by atoms with van der Waals surface area (Å²) >= 11 is 0. The van der Waals surface area contributed by atoms with Gasteiger partial charge in [-0.2, -0.15) is 0 Å². The van der Waals surface area contributed by atoms with Crippen molar-refractivity contribution in [2.24, 2.45) is 10.7 Å². The van der Waals surface area contributed by atoms with Crippen molar-refractivity contribution in [3.05, 3.63) is 90.0 Å². The Labute approximate surface area is 159 Å². The number of guanidine groups is 1. The van der Waals surface area contributed by atoms with E-state index < -0.39 is 0 Å². The van der Waals surface area contributed by atoms with Gasteiger partial charge in [-0.1, -0.05) is 48.5 Å². The van der Waals surface area contributed by atoms with Crippen LogP contribution < -0.4 is 15.8 Å². The first-order valence-corrected chi connectivity index (χ1v) is 8.70. The molecule has 0 heterocycles. The Morgan fingerprint density at radius 3 is 2.48 bits per heavy atom. The molecule has 3 aromatic rings. The van der Waals surface area contributed by atoms with Crippen LogP contribution >= 0.6 is 0 Å². The third kappa shape index (κ3) is 5.59. The van der Waals surface area contributed by atoms with Crippen molar-refractivity contribution in [3.63, 3.8) is 0 Å². The Balaban J connectivity index is 1.64. The van der Waals surface area contributed by atoms with Gasteiger partial charge in [-0.15, -0.1) is 0 Å². The van der Waals surface area contributed by atoms with Crippen LogP contribution in [0.25, 0.3) is 0 Å². The molecule has 5 nitrogen and oxygen atoms in total. The molecule has 0 amide bonds. The van der Waals surface area contributed by atoms with Crippen molar-refractivity contribution in [2.45, 2.75) is 13.2 Å². The second-order valence-electron chi connectivity index (χ2n) is 5.98. The van der Waals surface area contributed by atoms with Crippen LogP contribution in [-0.4, -0.2) is 13.1 Å². The number of para-hydroxylation sites is 2. The standard InChI is InChI=1S/C22H23N3O2/c1-26-16-18-9-5-6-13-21(18)25-22(23)24-15-17-8-7-12-20(14-17)27-19-10-3-2-4-11-19/h2-14H,15-16H2,1H3,(H3,23,24,25). The molecular weight excluding hydrogens is 338 g/mol. The summed E-state index contributed by atoms with van der Waals surface area (Å²) in [7, 11) is 1.67. The van der Waals surface area contributed by atoms with Gasteiger partial charge in [-0.25, -0.2) is 4.99 Å². The predicted octanol–water partition coefficient (Wildman–Crippen LogP) is 4.55. The number of aliphatic imine (C=N–C) groups is 1. The van der Waals surface area contributed by atoms with Crippen molar-refractivity contribution < 1.29 is 9.47 Å². The van der Waals surface area contributed by atoms with Gasteiger partial charge in [0.2, 0.25) is 0 Å². The zero-order valence-corrected chi connectivity index (χ0v) is 15.3. The van der Waals surface area contributed by atoms with Gasteiger partial charge in [-0.3, -0.25) is 0 Å². The number of hydrogen-bond donors (Lipinski definition) is 2. The van der Waals surface area contributed by atoms with Gasteiger partial charge < -0.3 is 20.5 Å². The summed E-state index contributed by atoms with van der Waals surface area (Å²) in [6, 6.07) is 25.3. The van der Waals surface area contributed by atoms with Crippen LogP contribution in [0.5, 0.6) is 11.5 Å². The maximum absolute atomic E-state index is 6.05. The molecule has 0 radical (unpaired) electrons. The van der Waals surface area contributed by atoms with Crippen molar-refractivity contribution in [1.82, 2.24) is 0 Å². The molecule has 0 unspecified atom stereocenters. The lowest BCUT2D eigenvalue weighted by Crippen LogP contribution is -2.23. The van der Waals surface area contributed by atoms with Crippen LogP contribution in [0.4, 0.5) is 5.69 Å². The van der Waals surface area contributed by atoms with Crippen LogP contribution in [-0.2, 0) is 17.9 Å². The highest BCUT2D eigenvalue weighted by atomic mass is 16.5. The number of benzene rings is 3. The number of nitrogens with one attached hydrogen (secondary N) is 1. The number of hydrogen-bond acceptors (Lipinski definition) is 3. The summed E-state index contributed by atoms with van der Waals surface area (Å²) in [6.07, 6.45) is 0. The van der Waals surface area contributed by atoms with E-state index in [9.17, 15) is 0 Å². The molecule has 3 N–H and O–H groups in total. The number of methoxy groups -OCH3 is 1. The molecule has 0 saturated carbocycles. The minimum atomic E-state index is 0.355. The van der Waals surface area contributed by atoms with E-state index >= 15 is 0 Å². The number of rotatable bonds is 7. The maximum atomic E-state index is 6.05. The first-order chi connectivity index (χ1) is 13.2. The van der Waals surface area contributed by atoms with E-state index in [4.69, 9.17) is 15.2 Å². The summed E-state index contributed by atoms with van der Waals surface area (Å²) in [4.78, 5) is 4.43. The summed E-state index contributed by atoms with van der Waals surface area (Å²) < 4.78 is 11.1. The minimum absolute atomic E-state index is 0.355. The third-order valence-electron chi connectivity index (χ3n) is 3.89. The molecule has 3 aromatic carbocycles. The van der Waals surface area contributed by atoms with Gasteiger partial charge in [0.15, 0.2) is 5.96 Å². The fourth-order valence-electron chi connectivity index (χ4n) is 2.61. The highest BCUT2D eigenvalue weighted by Gasteiger charge is 2.03. The molecule has 0 spiro atoms. The normalized spacial score (nSPS) is 11.2. The zero-order chi connectivity index (χ0) is 18.9. The van der Waals surface area contributed by atoms with Crippen molar-refractivity contribution in [2.75, 3.05) is 12.4 Å². The van der Waals surface area contributed by atoms with E-state index in [-0.39, 0.29) is 0 Å². The van der Waals surface area contributed by atoms with Crippen LogP contribution in [0.2, 0.25) is 0 Å². The predicted molar refractivity (Wildman–Crippen MR) is 109 cm³/mol. The van der Waals surface area contributed by atoms with Crippen LogP contribution in [0.15, 0.2) is 83.9 Å². The molecule has 138 valence electrons. The maximum Gasteiger partial charge on any atom is 0.193 e. The number of ether oxygens (including phenoxy) is 2. The highest BCUT2D eigenvalue weighted by Crippen LogP contribution is 2.22. The summed E-state index contributed by atoms with van der Waals surface area (Å²) in [5.74, 6) is 1.92. The van der Waals surface area contributed by atoms with Crippen molar-refractivity contribution in [1.29, 1.82) is 0 Å². The molecule has 0 atom stereocenters. The topological polar surface area (TPSA) is 68.9 Å². The van der Waals surface area contributed by atoms with E-state index in [2.05, 4.69) is 10.3 Å². The Hall–Kier alpha value is -3.31. The van der Waals surface area contributed by atoms with E-state index in [1.807, 2.05) is 78.9 Å². The second-order valence-corrected chi connectivity index (χ2v) is 5.98. The molecule has 0 aliphatic carbocycles. The molecule has 5 heteroatoms. The Morgan fingerprint density at radius 1 is 0.926 bits per heavy atom. The minimum Gasteiger partial charge on any atom is -0.457 e. The molecule has 0 aromatic heterocycles. The lowest BCUT2D eigenvalue weighted by atomic mass is 10.2. The second kappa shape index (κ2) is 9.40. The fourth-order valence-corrected chi connectivity index (χ4v) is 2.61. The number of nitrogens with two attached hydrogens (primary N) is 1. The first kappa shape index (κ1) is 18.5. The van der Waals surface area contributed by atoms with Gasteiger partial charge in [0.1, 0.15) is 11.5 Å². The Morgan fingerprint density at radius 2 is 1.67 bits per heavy atom. The SMILES string of the molecule is COCc1ccccc1NC(N)=NCc1cccc(Oc2ccccc2)c1. The summed E-state index contributed by atoms with van der Waals surface area (Å²) in [6.45, 7) is 0.965. The monoisotopic (exact) mass is 361 g/mol. The number of anilines is 1. The van der Waals surface area contributed by atoms with Gasteiger partial charge in [0.25, 0.3) is 0 Å². The lowest BCUT2D eigenvalue weighted by Gasteiger charge is -2.11. The number of nitrogens with zero attached hydrogens (tertiary/aromatic N) is 1. The molecule has 0 aliphatic heterocycles. The van der Waals surface area contributed by atoms with Crippen molar-refractivity contribution in [3.8, 4) is 11.5 Å².